The fraction of sp³-hybridized carbons (Fsp3) is 0.923. The van der Waals surface area contributed by atoms with E-state index in [-0.39, 0.29) is 23.5 Å². The number of piperidine rings is 1. The Morgan fingerprint density at radius 1 is 1.30 bits per heavy atom. The van der Waals surface area contributed by atoms with Crippen LogP contribution in [0.5, 0.6) is 0 Å². The molecule has 0 aromatic rings. The molecule has 0 aliphatic carbocycles. The largest absolute Gasteiger partial charge is 0.414 e. The number of likely N-dealkylation sites (tertiary alicyclic amines) is 1. The van der Waals surface area contributed by atoms with Crippen molar-refractivity contribution in [1.29, 1.82) is 0 Å². The van der Waals surface area contributed by atoms with E-state index in [9.17, 15) is 23.1 Å². The normalized spacial score (nSPS) is 20.1. The Hall–Kier alpha value is -0.430. The van der Waals surface area contributed by atoms with Gasteiger partial charge in [0.15, 0.2) is 6.10 Å². The fourth-order valence-electron chi connectivity index (χ4n) is 2.10. The number of nitrogens with zero attached hydrogens (tertiary/aromatic N) is 1. The van der Waals surface area contributed by atoms with Crippen molar-refractivity contribution in [3.05, 3.63) is 0 Å². The summed E-state index contributed by atoms with van der Waals surface area (Å²) in [6.07, 6.45) is -6.44. The van der Waals surface area contributed by atoms with Crippen LogP contribution in [-0.4, -0.2) is 51.8 Å². The molecule has 1 fully saturated rings. The van der Waals surface area contributed by atoms with Gasteiger partial charge in [-0.2, -0.15) is 13.2 Å². The maximum atomic E-state index is 12.4. The van der Waals surface area contributed by atoms with Crippen LogP contribution in [0.4, 0.5) is 13.2 Å². The average molecular weight is 313 g/mol. The Balaban J connectivity index is 2.40. The van der Waals surface area contributed by atoms with Gasteiger partial charge in [0.25, 0.3) is 0 Å². The molecule has 1 N–H and O–H groups in total. The van der Waals surface area contributed by atoms with Crippen molar-refractivity contribution < 1.29 is 23.1 Å². The number of aliphatic hydroxyl groups is 1. The topological polar surface area (TPSA) is 40.5 Å². The highest BCUT2D eigenvalue weighted by atomic mass is 32.2. The SMILES string of the molecule is CC(C)(C)SCC(=O)N1CCC(C(O)C(F)(F)F)CC1. The second-order valence-corrected chi connectivity index (χ2v) is 7.91. The van der Waals surface area contributed by atoms with E-state index >= 15 is 0 Å². The lowest BCUT2D eigenvalue weighted by Crippen LogP contribution is -2.45. The highest BCUT2D eigenvalue weighted by molar-refractivity contribution is 8.01. The number of alkyl halides is 3. The van der Waals surface area contributed by atoms with Gasteiger partial charge in [0, 0.05) is 17.8 Å². The number of hydrogen-bond donors (Lipinski definition) is 1. The van der Waals surface area contributed by atoms with Gasteiger partial charge >= 0.3 is 6.18 Å². The molecule has 1 aliphatic heterocycles. The van der Waals surface area contributed by atoms with Gasteiger partial charge in [-0.1, -0.05) is 20.8 Å². The molecule has 1 aliphatic rings. The molecule has 0 bridgehead atoms. The summed E-state index contributed by atoms with van der Waals surface area (Å²) in [5.74, 6) is -0.491. The zero-order chi connectivity index (χ0) is 15.6. The molecule has 3 nitrogen and oxygen atoms in total. The molecule has 118 valence electrons. The van der Waals surface area contributed by atoms with E-state index in [0.29, 0.717) is 18.8 Å². The molecule has 1 saturated heterocycles. The van der Waals surface area contributed by atoms with Gasteiger partial charge in [-0.05, 0) is 18.8 Å². The van der Waals surface area contributed by atoms with Crippen molar-refractivity contribution >= 4 is 17.7 Å². The van der Waals surface area contributed by atoms with Crippen LogP contribution in [0, 0.1) is 5.92 Å². The Labute approximate surface area is 121 Å². The van der Waals surface area contributed by atoms with Crippen LogP contribution < -0.4 is 0 Å². The zero-order valence-electron chi connectivity index (χ0n) is 12.0. The van der Waals surface area contributed by atoms with Gasteiger partial charge < -0.3 is 10.0 Å². The predicted molar refractivity (Wildman–Crippen MR) is 73.6 cm³/mol. The smallest absolute Gasteiger partial charge is 0.383 e. The van der Waals surface area contributed by atoms with Crippen LogP contribution in [-0.2, 0) is 4.79 Å². The first-order valence-electron chi connectivity index (χ1n) is 6.67. The number of carbonyl (C=O) groups excluding carboxylic acids is 1. The monoisotopic (exact) mass is 313 g/mol. The summed E-state index contributed by atoms with van der Waals surface area (Å²) in [7, 11) is 0. The Morgan fingerprint density at radius 3 is 2.20 bits per heavy atom. The highest BCUT2D eigenvalue weighted by Crippen LogP contribution is 2.32. The molecule has 7 heteroatoms. The lowest BCUT2D eigenvalue weighted by atomic mass is 9.91. The van der Waals surface area contributed by atoms with Gasteiger partial charge in [-0.25, -0.2) is 0 Å². The average Bonchev–Trinajstić information content (AvgIpc) is 2.33. The van der Waals surface area contributed by atoms with E-state index < -0.39 is 18.2 Å². The molecule has 1 rings (SSSR count). The Kier molecular flexibility index (Phi) is 5.78. The summed E-state index contributed by atoms with van der Waals surface area (Å²) in [5.41, 5.74) is 0. The van der Waals surface area contributed by atoms with E-state index in [1.165, 1.54) is 11.8 Å². The zero-order valence-corrected chi connectivity index (χ0v) is 12.9. The lowest BCUT2D eigenvalue weighted by Gasteiger charge is -2.35. The summed E-state index contributed by atoms with van der Waals surface area (Å²) in [6.45, 7) is 6.62. The second-order valence-electron chi connectivity index (χ2n) is 6.11. The van der Waals surface area contributed by atoms with Crippen molar-refractivity contribution in [2.75, 3.05) is 18.8 Å². The van der Waals surface area contributed by atoms with Crippen LogP contribution in [0.25, 0.3) is 0 Å². The maximum Gasteiger partial charge on any atom is 0.414 e. The summed E-state index contributed by atoms with van der Waals surface area (Å²) in [6, 6.07) is 0. The molecule has 0 radical (unpaired) electrons. The first kappa shape index (κ1) is 17.6. The number of halogens is 3. The van der Waals surface area contributed by atoms with E-state index in [2.05, 4.69) is 0 Å². The van der Waals surface area contributed by atoms with Crippen LogP contribution >= 0.6 is 11.8 Å². The molecular weight excluding hydrogens is 291 g/mol. The van der Waals surface area contributed by atoms with E-state index in [0.717, 1.165) is 0 Å². The van der Waals surface area contributed by atoms with Crippen molar-refractivity contribution in [3.8, 4) is 0 Å². The first-order chi connectivity index (χ1) is 9.00. The van der Waals surface area contributed by atoms with Crippen LogP contribution in [0.3, 0.4) is 0 Å². The minimum atomic E-state index is -4.57. The van der Waals surface area contributed by atoms with Gasteiger partial charge in [-0.3, -0.25) is 4.79 Å². The predicted octanol–water partition coefficient (Wildman–Crippen LogP) is 2.68. The van der Waals surface area contributed by atoms with E-state index in [4.69, 9.17) is 0 Å². The summed E-state index contributed by atoms with van der Waals surface area (Å²) >= 11 is 1.53. The molecule has 1 atom stereocenters. The third-order valence-electron chi connectivity index (χ3n) is 3.30. The van der Waals surface area contributed by atoms with E-state index in [1.54, 1.807) is 4.90 Å². The first-order valence-corrected chi connectivity index (χ1v) is 7.66. The Bertz CT molecular complexity index is 333. The minimum absolute atomic E-state index is 0.0134. The summed E-state index contributed by atoms with van der Waals surface area (Å²) in [4.78, 5) is 13.5. The molecule has 1 amide bonds. The standard InChI is InChI=1S/C13H22F3NO2S/c1-12(2,3)20-8-10(18)17-6-4-9(5-7-17)11(19)13(14,15)16/h9,11,19H,4-8H2,1-3H3. The van der Waals surface area contributed by atoms with Crippen LogP contribution in [0.1, 0.15) is 33.6 Å². The van der Waals surface area contributed by atoms with Crippen molar-refractivity contribution in [2.24, 2.45) is 5.92 Å². The quantitative estimate of drug-likeness (QED) is 0.871. The summed E-state index contributed by atoms with van der Waals surface area (Å²) in [5, 5.41) is 9.21. The molecule has 0 aromatic heterocycles. The van der Waals surface area contributed by atoms with Crippen molar-refractivity contribution in [3.63, 3.8) is 0 Å². The molecule has 0 aromatic carbocycles. The van der Waals surface area contributed by atoms with Gasteiger partial charge in [0.2, 0.25) is 5.91 Å². The van der Waals surface area contributed by atoms with E-state index in [1.807, 2.05) is 20.8 Å². The number of carbonyl (C=O) groups is 1. The van der Waals surface area contributed by atoms with Crippen LogP contribution in [0.2, 0.25) is 0 Å². The highest BCUT2D eigenvalue weighted by Gasteiger charge is 2.44. The van der Waals surface area contributed by atoms with Gasteiger partial charge in [0.05, 0.1) is 5.75 Å². The van der Waals surface area contributed by atoms with Gasteiger partial charge in [-0.15, -0.1) is 11.8 Å². The summed E-state index contributed by atoms with van der Waals surface area (Å²) < 4.78 is 37.2. The molecular formula is C13H22F3NO2S. The van der Waals surface area contributed by atoms with Gasteiger partial charge in [0.1, 0.15) is 0 Å². The molecule has 1 unspecified atom stereocenters. The third kappa shape index (κ3) is 5.52. The molecule has 1 heterocycles. The molecule has 0 saturated carbocycles. The molecule has 0 spiro atoms. The third-order valence-corrected chi connectivity index (χ3v) is 4.56. The number of aliphatic hydroxyl groups excluding tert-OH is 1. The maximum absolute atomic E-state index is 12.4. The molecule has 20 heavy (non-hydrogen) atoms. The number of amides is 1. The second kappa shape index (κ2) is 6.56. The number of hydrogen-bond acceptors (Lipinski definition) is 3. The van der Waals surface area contributed by atoms with Crippen molar-refractivity contribution in [1.82, 2.24) is 4.90 Å². The van der Waals surface area contributed by atoms with Crippen molar-refractivity contribution in [2.45, 2.75) is 50.6 Å². The Morgan fingerprint density at radius 2 is 1.80 bits per heavy atom. The number of thioether (sulfide) groups is 1. The minimum Gasteiger partial charge on any atom is -0.383 e. The lowest BCUT2D eigenvalue weighted by molar-refractivity contribution is -0.222. The fourth-order valence-corrected chi connectivity index (χ4v) is 2.84. The van der Waals surface area contributed by atoms with Crippen LogP contribution in [0.15, 0.2) is 0 Å². The number of rotatable bonds is 3.